The molecule has 24 heavy (non-hydrogen) atoms. The van der Waals surface area contributed by atoms with Crippen LogP contribution in [0.25, 0.3) is 11.1 Å². The number of anilines is 1. The molecule has 0 radical (unpaired) electrons. The van der Waals surface area contributed by atoms with Crippen LogP contribution in [0.5, 0.6) is 0 Å². The molecule has 0 saturated heterocycles. The number of aryl methyl sites for hydroxylation is 1. The average molecular weight is 341 g/mol. The van der Waals surface area contributed by atoms with Gasteiger partial charge in [0.15, 0.2) is 0 Å². The Morgan fingerprint density at radius 1 is 1.08 bits per heavy atom. The molecule has 2 aromatic rings. The maximum atomic E-state index is 13.3. The summed E-state index contributed by atoms with van der Waals surface area (Å²) in [5, 5.41) is 2.07. The van der Waals surface area contributed by atoms with Crippen LogP contribution in [-0.4, -0.2) is 18.2 Å². The van der Waals surface area contributed by atoms with Crippen LogP contribution in [0.3, 0.4) is 0 Å². The molecular formula is C16H11F4NO3. The first-order chi connectivity index (χ1) is 11.2. The highest BCUT2D eigenvalue weighted by Gasteiger charge is 2.42. The Labute approximate surface area is 134 Å². The fourth-order valence-corrected chi connectivity index (χ4v) is 1.95. The molecule has 0 saturated carbocycles. The highest BCUT2D eigenvalue weighted by atomic mass is 19.4. The van der Waals surface area contributed by atoms with Gasteiger partial charge in [0.1, 0.15) is 5.82 Å². The van der Waals surface area contributed by atoms with Gasteiger partial charge in [0.25, 0.3) is 0 Å². The van der Waals surface area contributed by atoms with Crippen molar-refractivity contribution in [3.63, 3.8) is 0 Å². The van der Waals surface area contributed by atoms with Gasteiger partial charge in [-0.1, -0.05) is 24.3 Å². The SMILES string of the molecule is Cc1ccc(-c2cccc(F)c2)c(NC(=O)OC(=O)C(F)(F)F)c1. The van der Waals surface area contributed by atoms with E-state index >= 15 is 0 Å². The minimum Gasteiger partial charge on any atom is -0.369 e. The van der Waals surface area contributed by atoms with E-state index in [1.54, 1.807) is 25.1 Å². The Bertz CT molecular complexity index is 787. The predicted octanol–water partition coefficient (Wildman–Crippen LogP) is 4.44. The zero-order valence-corrected chi connectivity index (χ0v) is 12.3. The average Bonchev–Trinajstić information content (AvgIpc) is 2.46. The minimum absolute atomic E-state index is 0.0839. The number of carbonyl (C=O) groups excluding carboxylic acids is 2. The van der Waals surface area contributed by atoms with Crippen molar-refractivity contribution in [3.8, 4) is 11.1 Å². The molecule has 0 aromatic heterocycles. The van der Waals surface area contributed by atoms with Crippen molar-refractivity contribution < 1.29 is 31.9 Å². The maximum absolute atomic E-state index is 13.3. The molecule has 0 unspecified atom stereocenters. The number of esters is 1. The molecular weight excluding hydrogens is 330 g/mol. The lowest BCUT2D eigenvalue weighted by Crippen LogP contribution is -2.30. The molecule has 0 fully saturated rings. The first kappa shape index (κ1) is 17.5. The number of alkyl halides is 3. The molecule has 0 aliphatic rings. The van der Waals surface area contributed by atoms with E-state index in [4.69, 9.17) is 0 Å². The van der Waals surface area contributed by atoms with E-state index in [2.05, 4.69) is 10.1 Å². The van der Waals surface area contributed by atoms with E-state index < -0.39 is 24.1 Å². The summed E-state index contributed by atoms with van der Waals surface area (Å²) in [6.07, 6.45) is -6.87. The summed E-state index contributed by atoms with van der Waals surface area (Å²) in [7, 11) is 0. The zero-order chi connectivity index (χ0) is 17.9. The van der Waals surface area contributed by atoms with Crippen molar-refractivity contribution >= 4 is 17.7 Å². The standard InChI is InChI=1S/C16H11F4NO3/c1-9-5-6-12(10-3-2-4-11(17)8-10)13(7-9)21-15(23)24-14(22)16(18,19)20/h2-8H,1H3,(H,21,23). The Morgan fingerprint density at radius 2 is 1.79 bits per heavy atom. The topological polar surface area (TPSA) is 55.4 Å². The molecule has 0 aliphatic carbocycles. The van der Waals surface area contributed by atoms with Gasteiger partial charge in [-0.3, -0.25) is 5.32 Å². The van der Waals surface area contributed by atoms with Crippen LogP contribution in [0.1, 0.15) is 5.56 Å². The molecule has 8 heteroatoms. The van der Waals surface area contributed by atoms with Crippen molar-refractivity contribution in [2.75, 3.05) is 5.32 Å². The second-order valence-corrected chi connectivity index (χ2v) is 4.86. The molecule has 1 amide bonds. The molecule has 0 aliphatic heterocycles. The summed E-state index contributed by atoms with van der Waals surface area (Å²) in [6, 6.07) is 10.1. The Balaban J connectivity index is 2.28. The van der Waals surface area contributed by atoms with E-state index in [0.717, 1.165) is 0 Å². The summed E-state index contributed by atoms with van der Waals surface area (Å²) in [5.74, 6) is -3.14. The number of nitrogens with one attached hydrogen (secondary N) is 1. The number of hydrogen-bond donors (Lipinski definition) is 1. The van der Waals surface area contributed by atoms with Crippen LogP contribution < -0.4 is 5.32 Å². The highest BCUT2D eigenvalue weighted by Crippen LogP contribution is 2.29. The van der Waals surface area contributed by atoms with Crippen LogP contribution in [0.2, 0.25) is 0 Å². The molecule has 1 N–H and O–H groups in total. The van der Waals surface area contributed by atoms with Crippen molar-refractivity contribution in [2.24, 2.45) is 0 Å². The molecule has 0 heterocycles. The lowest BCUT2D eigenvalue weighted by atomic mass is 10.0. The molecule has 2 rings (SSSR count). The van der Waals surface area contributed by atoms with Gasteiger partial charge in [0, 0.05) is 5.56 Å². The second-order valence-electron chi connectivity index (χ2n) is 4.86. The van der Waals surface area contributed by atoms with Gasteiger partial charge in [-0.2, -0.15) is 13.2 Å². The van der Waals surface area contributed by atoms with Crippen LogP contribution >= 0.6 is 0 Å². The molecule has 4 nitrogen and oxygen atoms in total. The van der Waals surface area contributed by atoms with Crippen LogP contribution in [0.4, 0.5) is 28.0 Å². The third-order valence-corrected chi connectivity index (χ3v) is 2.96. The Kier molecular flexibility index (Phi) is 4.87. The summed E-state index contributed by atoms with van der Waals surface area (Å²) >= 11 is 0. The molecule has 0 bridgehead atoms. The van der Waals surface area contributed by atoms with E-state index in [9.17, 15) is 27.2 Å². The monoisotopic (exact) mass is 341 g/mol. The second kappa shape index (κ2) is 6.69. The zero-order valence-electron chi connectivity index (χ0n) is 12.3. The quantitative estimate of drug-likeness (QED) is 0.499. The van der Waals surface area contributed by atoms with Gasteiger partial charge >= 0.3 is 18.2 Å². The van der Waals surface area contributed by atoms with E-state index in [-0.39, 0.29) is 5.69 Å². The number of hydrogen-bond acceptors (Lipinski definition) is 3. The van der Waals surface area contributed by atoms with Gasteiger partial charge < -0.3 is 4.74 Å². The van der Waals surface area contributed by atoms with Gasteiger partial charge in [-0.25, -0.2) is 14.0 Å². The number of rotatable bonds is 2. The van der Waals surface area contributed by atoms with Crippen molar-refractivity contribution in [2.45, 2.75) is 13.1 Å². The van der Waals surface area contributed by atoms with Gasteiger partial charge in [-0.05, 0) is 36.2 Å². The Morgan fingerprint density at radius 3 is 2.42 bits per heavy atom. The van der Waals surface area contributed by atoms with Gasteiger partial charge in [-0.15, -0.1) is 0 Å². The van der Waals surface area contributed by atoms with Crippen LogP contribution in [0.15, 0.2) is 42.5 Å². The first-order valence-corrected chi connectivity index (χ1v) is 6.63. The maximum Gasteiger partial charge on any atom is 0.491 e. The van der Waals surface area contributed by atoms with E-state index in [1.807, 2.05) is 0 Å². The molecule has 126 valence electrons. The van der Waals surface area contributed by atoms with Crippen molar-refractivity contribution in [3.05, 3.63) is 53.8 Å². The highest BCUT2D eigenvalue weighted by molar-refractivity contribution is 5.97. The van der Waals surface area contributed by atoms with Crippen molar-refractivity contribution in [1.29, 1.82) is 0 Å². The third kappa shape index (κ3) is 4.31. The largest absolute Gasteiger partial charge is 0.491 e. The summed E-state index contributed by atoms with van der Waals surface area (Å²) < 4.78 is 53.3. The predicted molar refractivity (Wildman–Crippen MR) is 77.7 cm³/mol. The Hall–Kier alpha value is -2.90. The number of benzene rings is 2. The number of carbonyl (C=O) groups is 2. The third-order valence-electron chi connectivity index (χ3n) is 2.96. The lowest BCUT2D eigenvalue weighted by molar-refractivity contribution is -0.192. The number of ether oxygens (including phenoxy) is 1. The van der Waals surface area contributed by atoms with E-state index in [0.29, 0.717) is 16.7 Å². The number of amides is 1. The van der Waals surface area contributed by atoms with E-state index in [1.165, 1.54) is 24.3 Å². The molecule has 2 aromatic carbocycles. The number of halogens is 4. The van der Waals surface area contributed by atoms with Gasteiger partial charge in [0.05, 0.1) is 5.69 Å². The first-order valence-electron chi connectivity index (χ1n) is 6.63. The van der Waals surface area contributed by atoms with Crippen LogP contribution in [0, 0.1) is 12.7 Å². The summed E-state index contributed by atoms with van der Waals surface area (Å²) in [5.41, 5.74) is 1.53. The molecule has 0 atom stereocenters. The fourth-order valence-electron chi connectivity index (χ4n) is 1.95. The lowest BCUT2D eigenvalue weighted by Gasteiger charge is -2.13. The summed E-state index contributed by atoms with van der Waals surface area (Å²) in [6.45, 7) is 1.69. The van der Waals surface area contributed by atoms with Gasteiger partial charge in [0.2, 0.25) is 0 Å². The van der Waals surface area contributed by atoms with Crippen LogP contribution in [-0.2, 0) is 9.53 Å². The fraction of sp³-hybridized carbons (Fsp3) is 0.125. The smallest absolute Gasteiger partial charge is 0.369 e. The normalized spacial score (nSPS) is 11.0. The van der Waals surface area contributed by atoms with Crippen molar-refractivity contribution in [1.82, 2.24) is 0 Å². The molecule has 0 spiro atoms. The minimum atomic E-state index is -5.28. The summed E-state index contributed by atoms with van der Waals surface area (Å²) in [4.78, 5) is 22.2.